The summed E-state index contributed by atoms with van der Waals surface area (Å²) in [6.07, 6.45) is 1.97. The van der Waals surface area contributed by atoms with E-state index in [1.807, 2.05) is 6.92 Å². The maximum absolute atomic E-state index is 11.3. The lowest BCUT2D eigenvalue weighted by Gasteiger charge is -2.35. The second kappa shape index (κ2) is 6.21. The van der Waals surface area contributed by atoms with Gasteiger partial charge in [-0.15, -0.1) is 0 Å². The third-order valence-electron chi connectivity index (χ3n) is 3.43. The number of nitrogens with zero attached hydrogens (tertiary/aromatic N) is 2. The fraction of sp³-hybridized carbons (Fsp3) is 0.538. The molecule has 19 heavy (non-hydrogen) atoms. The molecule has 0 bridgehead atoms. The van der Waals surface area contributed by atoms with Crippen molar-refractivity contribution < 1.29 is 9.90 Å². The average Bonchev–Trinajstić information content (AvgIpc) is 2.40. The highest BCUT2D eigenvalue weighted by Gasteiger charge is 2.25. The Morgan fingerprint density at radius 1 is 1.53 bits per heavy atom. The molecule has 0 unspecified atom stereocenters. The third kappa shape index (κ3) is 3.16. The van der Waals surface area contributed by atoms with E-state index in [2.05, 4.69) is 15.2 Å². The number of halogens is 1. The molecule has 2 N–H and O–H groups in total. The number of aromatic carboxylic acids is 1. The van der Waals surface area contributed by atoms with E-state index in [0.29, 0.717) is 17.0 Å². The van der Waals surface area contributed by atoms with E-state index in [1.54, 1.807) is 0 Å². The summed E-state index contributed by atoms with van der Waals surface area (Å²) < 4.78 is 0. The molecule has 0 aliphatic carbocycles. The molecule has 0 amide bonds. The van der Waals surface area contributed by atoms with Gasteiger partial charge in [-0.3, -0.25) is 0 Å². The predicted molar refractivity (Wildman–Crippen MR) is 75.1 cm³/mol. The van der Waals surface area contributed by atoms with Crippen LogP contribution in [0.3, 0.4) is 0 Å². The standard InChI is InChI=1S/C13H18ClN3O2/c1-2-17(9-5-7-15-8-6-9)12-10(13(18)19)3-4-11(14)16-12/h3-4,9,15H,2,5-8H2,1H3,(H,18,19). The minimum Gasteiger partial charge on any atom is -0.478 e. The van der Waals surface area contributed by atoms with Crippen molar-refractivity contribution in [1.29, 1.82) is 0 Å². The summed E-state index contributed by atoms with van der Waals surface area (Å²) in [6, 6.07) is 3.36. The van der Waals surface area contributed by atoms with E-state index < -0.39 is 5.97 Å². The molecule has 1 aliphatic heterocycles. The van der Waals surface area contributed by atoms with E-state index in [1.165, 1.54) is 12.1 Å². The summed E-state index contributed by atoms with van der Waals surface area (Å²) in [4.78, 5) is 17.6. The van der Waals surface area contributed by atoms with Gasteiger partial charge >= 0.3 is 5.97 Å². The summed E-state index contributed by atoms with van der Waals surface area (Å²) in [7, 11) is 0. The minimum atomic E-state index is -0.966. The molecule has 0 aromatic carbocycles. The van der Waals surface area contributed by atoms with Gasteiger partial charge in [0.2, 0.25) is 0 Å². The number of nitrogens with one attached hydrogen (secondary N) is 1. The van der Waals surface area contributed by atoms with Crippen molar-refractivity contribution in [3.05, 3.63) is 22.8 Å². The van der Waals surface area contributed by atoms with Gasteiger partial charge in [0.25, 0.3) is 0 Å². The largest absolute Gasteiger partial charge is 0.478 e. The normalized spacial score (nSPS) is 16.3. The molecular weight excluding hydrogens is 266 g/mol. The second-order valence-corrected chi connectivity index (χ2v) is 4.96. The molecule has 2 heterocycles. The van der Waals surface area contributed by atoms with Crippen molar-refractivity contribution >= 4 is 23.4 Å². The fourth-order valence-corrected chi connectivity index (χ4v) is 2.65. The summed E-state index contributed by atoms with van der Waals surface area (Å²) in [5.41, 5.74) is 0.213. The quantitative estimate of drug-likeness (QED) is 0.828. The van der Waals surface area contributed by atoms with Crippen LogP contribution in [0.15, 0.2) is 12.1 Å². The van der Waals surface area contributed by atoms with Gasteiger partial charge in [-0.05, 0) is 45.0 Å². The highest BCUT2D eigenvalue weighted by Crippen LogP contribution is 2.25. The Labute approximate surface area is 117 Å². The van der Waals surface area contributed by atoms with Gasteiger partial charge in [-0.2, -0.15) is 0 Å². The number of rotatable bonds is 4. The molecular formula is C13H18ClN3O2. The summed E-state index contributed by atoms with van der Waals surface area (Å²) in [5.74, 6) is -0.485. The number of carboxylic acids is 1. The molecule has 1 saturated heterocycles. The van der Waals surface area contributed by atoms with E-state index in [9.17, 15) is 9.90 Å². The molecule has 0 spiro atoms. The van der Waals surface area contributed by atoms with Gasteiger partial charge < -0.3 is 15.3 Å². The highest BCUT2D eigenvalue weighted by atomic mass is 35.5. The Kier molecular flexibility index (Phi) is 4.61. The zero-order valence-electron chi connectivity index (χ0n) is 10.9. The Morgan fingerprint density at radius 2 is 2.21 bits per heavy atom. The van der Waals surface area contributed by atoms with E-state index in [4.69, 9.17) is 11.6 Å². The smallest absolute Gasteiger partial charge is 0.339 e. The number of piperidine rings is 1. The van der Waals surface area contributed by atoms with Crippen molar-refractivity contribution in [2.75, 3.05) is 24.5 Å². The number of carboxylic acid groups (broad SMARTS) is 1. The first-order chi connectivity index (χ1) is 9.13. The lowest BCUT2D eigenvalue weighted by Crippen LogP contribution is -2.44. The van der Waals surface area contributed by atoms with Gasteiger partial charge in [0.1, 0.15) is 16.5 Å². The zero-order valence-corrected chi connectivity index (χ0v) is 11.7. The summed E-state index contributed by atoms with van der Waals surface area (Å²) in [6.45, 7) is 4.63. The number of hydrogen-bond donors (Lipinski definition) is 2. The van der Waals surface area contributed by atoms with Crippen molar-refractivity contribution in [2.24, 2.45) is 0 Å². The van der Waals surface area contributed by atoms with Crippen LogP contribution in [0.25, 0.3) is 0 Å². The number of aromatic nitrogens is 1. The lowest BCUT2D eigenvalue weighted by atomic mass is 10.0. The third-order valence-corrected chi connectivity index (χ3v) is 3.64. The molecule has 0 atom stereocenters. The highest BCUT2D eigenvalue weighted by molar-refractivity contribution is 6.29. The molecule has 6 heteroatoms. The lowest BCUT2D eigenvalue weighted by molar-refractivity contribution is 0.0697. The second-order valence-electron chi connectivity index (χ2n) is 4.58. The van der Waals surface area contributed by atoms with Crippen LogP contribution in [0.2, 0.25) is 5.15 Å². The fourth-order valence-electron chi connectivity index (χ4n) is 2.51. The molecule has 5 nitrogen and oxygen atoms in total. The minimum absolute atomic E-state index is 0.213. The summed E-state index contributed by atoms with van der Waals surface area (Å²) in [5, 5.41) is 12.9. The number of hydrogen-bond acceptors (Lipinski definition) is 4. The Balaban J connectivity index is 2.35. The van der Waals surface area contributed by atoms with Crippen LogP contribution >= 0.6 is 11.6 Å². The van der Waals surface area contributed by atoms with Crippen LogP contribution in [0.4, 0.5) is 5.82 Å². The molecule has 1 aromatic rings. The van der Waals surface area contributed by atoms with Crippen LogP contribution in [0.1, 0.15) is 30.1 Å². The molecule has 104 valence electrons. The molecule has 1 aromatic heterocycles. The molecule has 1 fully saturated rings. The monoisotopic (exact) mass is 283 g/mol. The SMILES string of the molecule is CCN(c1nc(Cl)ccc1C(=O)O)C1CCNCC1. The van der Waals surface area contributed by atoms with Crippen LogP contribution in [0, 0.1) is 0 Å². The maximum atomic E-state index is 11.3. The maximum Gasteiger partial charge on any atom is 0.339 e. The Hall–Kier alpha value is -1.33. The number of pyridine rings is 1. The van der Waals surface area contributed by atoms with E-state index in [-0.39, 0.29) is 5.56 Å². The van der Waals surface area contributed by atoms with Gasteiger partial charge in [-0.1, -0.05) is 11.6 Å². The molecule has 0 saturated carbocycles. The molecule has 1 aliphatic rings. The van der Waals surface area contributed by atoms with Crippen LogP contribution < -0.4 is 10.2 Å². The Bertz CT molecular complexity index is 461. The summed E-state index contributed by atoms with van der Waals surface area (Å²) >= 11 is 5.92. The molecule has 2 rings (SSSR count). The van der Waals surface area contributed by atoms with Gasteiger partial charge in [0.05, 0.1) is 0 Å². The van der Waals surface area contributed by atoms with Crippen molar-refractivity contribution in [3.63, 3.8) is 0 Å². The van der Waals surface area contributed by atoms with Crippen molar-refractivity contribution in [1.82, 2.24) is 10.3 Å². The first-order valence-electron chi connectivity index (χ1n) is 6.50. The topological polar surface area (TPSA) is 65.5 Å². The Morgan fingerprint density at radius 3 is 2.79 bits per heavy atom. The number of anilines is 1. The predicted octanol–water partition coefficient (Wildman–Crippen LogP) is 2.01. The number of carbonyl (C=O) groups is 1. The first-order valence-corrected chi connectivity index (χ1v) is 6.88. The van der Waals surface area contributed by atoms with Crippen LogP contribution in [-0.2, 0) is 0 Å². The molecule has 0 radical (unpaired) electrons. The van der Waals surface area contributed by atoms with Gasteiger partial charge in [0.15, 0.2) is 0 Å². The average molecular weight is 284 g/mol. The van der Waals surface area contributed by atoms with E-state index in [0.717, 1.165) is 32.5 Å². The van der Waals surface area contributed by atoms with Gasteiger partial charge in [-0.25, -0.2) is 9.78 Å². The first kappa shape index (κ1) is 14.1. The van der Waals surface area contributed by atoms with Crippen molar-refractivity contribution in [2.45, 2.75) is 25.8 Å². The van der Waals surface area contributed by atoms with Crippen LogP contribution in [0.5, 0.6) is 0 Å². The zero-order chi connectivity index (χ0) is 13.8. The van der Waals surface area contributed by atoms with Gasteiger partial charge in [0, 0.05) is 12.6 Å². The van der Waals surface area contributed by atoms with E-state index >= 15 is 0 Å². The van der Waals surface area contributed by atoms with Crippen molar-refractivity contribution in [3.8, 4) is 0 Å². The van der Waals surface area contributed by atoms with Crippen LogP contribution in [-0.4, -0.2) is 41.7 Å².